The van der Waals surface area contributed by atoms with Crippen LogP contribution >= 0.6 is 11.8 Å². The number of hydrogen-bond donors (Lipinski definition) is 1. The zero-order chi connectivity index (χ0) is 14.0. The highest BCUT2D eigenvalue weighted by atomic mass is 32.2. The molecule has 108 valence electrons. The van der Waals surface area contributed by atoms with Gasteiger partial charge in [0.15, 0.2) is 0 Å². The van der Waals surface area contributed by atoms with E-state index in [1.54, 1.807) is 6.26 Å². The van der Waals surface area contributed by atoms with Gasteiger partial charge in [-0.05, 0) is 43.6 Å². The van der Waals surface area contributed by atoms with Crippen molar-refractivity contribution in [3.8, 4) is 0 Å². The Morgan fingerprint density at radius 2 is 2.16 bits per heavy atom. The molecule has 3 heteroatoms. The van der Waals surface area contributed by atoms with Gasteiger partial charge in [-0.15, -0.1) is 11.8 Å². The molecule has 0 amide bonds. The summed E-state index contributed by atoms with van der Waals surface area (Å²) in [6.07, 6.45) is 6.69. The third-order valence-electron chi connectivity index (χ3n) is 4.95. The second-order valence-corrected chi connectivity index (χ2v) is 7.79. The van der Waals surface area contributed by atoms with Crippen molar-refractivity contribution < 1.29 is 4.42 Å². The first-order valence-electron chi connectivity index (χ1n) is 7.40. The van der Waals surface area contributed by atoms with Crippen LogP contribution in [0.25, 0.3) is 0 Å². The zero-order valence-electron chi connectivity index (χ0n) is 12.6. The summed E-state index contributed by atoms with van der Waals surface area (Å²) < 4.78 is 5.39. The van der Waals surface area contributed by atoms with Crippen molar-refractivity contribution in [2.75, 3.05) is 0 Å². The maximum Gasteiger partial charge on any atom is 0.114 e. The standard InChI is InChI=1S/C16H27NOS/c1-5-16(3,4)12-6-7-13(17)15(10-12)19-14-8-9-18-11(14)2/h8-9,12-13,15H,5-7,10,17H2,1-4H3. The van der Waals surface area contributed by atoms with Gasteiger partial charge in [0.2, 0.25) is 0 Å². The van der Waals surface area contributed by atoms with Crippen LogP contribution in [0.1, 0.15) is 52.2 Å². The normalized spacial score (nSPS) is 28.6. The fourth-order valence-electron chi connectivity index (χ4n) is 2.95. The Kier molecular flexibility index (Phi) is 4.67. The van der Waals surface area contributed by atoms with Crippen molar-refractivity contribution in [1.29, 1.82) is 0 Å². The molecule has 19 heavy (non-hydrogen) atoms. The maximum absolute atomic E-state index is 6.34. The highest BCUT2D eigenvalue weighted by Gasteiger charge is 2.36. The third-order valence-corrected chi connectivity index (χ3v) is 6.47. The molecular formula is C16H27NOS. The van der Waals surface area contributed by atoms with Gasteiger partial charge in [-0.25, -0.2) is 0 Å². The predicted molar refractivity (Wildman–Crippen MR) is 82.5 cm³/mol. The van der Waals surface area contributed by atoms with Gasteiger partial charge in [-0.3, -0.25) is 0 Å². The molecule has 0 bridgehead atoms. The summed E-state index contributed by atoms with van der Waals surface area (Å²) in [4.78, 5) is 1.26. The van der Waals surface area contributed by atoms with Crippen molar-refractivity contribution in [2.45, 2.75) is 69.6 Å². The Hall–Kier alpha value is -0.410. The summed E-state index contributed by atoms with van der Waals surface area (Å²) in [6, 6.07) is 2.39. The van der Waals surface area contributed by atoms with E-state index in [0.29, 0.717) is 16.7 Å². The largest absolute Gasteiger partial charge is 0.468 e. The Morgan fingerprint density at radius 3 is 2.74 bits per heavy atom. The lowest BCUT2D eigenvalue weighted by molar-refractivity contribution is 0.148. The highest BCUT2D eigenvalue weighted by molar-refractivity contribution is 8.00. The first kappa shape index (κ1) is 15.0. The van der Waals surface area contributed by atoms with E-state index in [4.69, 9.17) is 10.2 Å². The second-order valence-electron chi connectivity index (χ2n) is 6.51. The lowest BCUT2D eigenvalue weighted by Gasteiger charge is -2.41. The van der Waals surface area contributed by atoms with Crippen molar-refractivity contribution in [3.63, 3.8) is 0 Å². The molecule has 1 aliphatic rings. The molecule has 3 atom stereocenters. The molecule has 1 saturated carbocycles. The quantitative estimate of drug-likeness (QED) is 0.875. The number of rotatable bonds is 4. The number of hydrogen-bond acceptors (Lipinski definition) is 3. The molecular weight excluding hydrogens is 254 g/mol. The van der Waals surface area contributed by atoms with E-state index in [2.05, 4.69) is 26.8 Å². The minimum Gasteiger partial charge on any atom is -0.468 e. The summed E-state index contributed by atoms with van der Waals surface area (Å²) in [6.45, 7) is 9.14. The molecule has 1 aromatic rings. The van der Waals surface area contributed by atoms with Crippen LogP contribution in [-0.2, 0) is 0 Å². The van der Waals surface area contributed by atoms with E-state index in [9.17, 15) is 0 Å². The molecule has 1 aromatic heterocycles. The third kappa shape index (κ3) is 3.38. The Bertz CT molecular complexity index is 413. The average Bonchev–Trinajstić information content (AvgIpc) is 2.77. The van der Waals surface area contributed by atoms with Gasteiger partial charge in [-0.2, -0.15) is 0 Å². The van der Waals surface area contributed by atoms with Crippen LogP contribution in [0.2, 0.25) is 0 Å². The van der Waals surface area contributed by atoms with E-state index >= 15 is 0 Å². The SMILES string of the molecule is CCC(C)(C)C1CCC(N)C(Sc2ccoc2C)C1. The van der Waals surface area contributed by atoms with Crippen LogP contribution in [0, 0.1) is 18.3 Å². The number of thioether (sulfide) groups is 1. The first-order chi connectivity index (χ1) is 8.94. The average molecular weight is 281 g/mol. The summed E-state index contributed by atoms with van der Waals surface area (Å²) >= 11 is 1.92. The van der Waals surface area contributed by atoms with E-state index in [1.807, 2.05) is 18.7 Å². The number of furan rings is 1. The van der Waals surface area contributed by atoms with Crippen LogP contribution in [0.5, 0.6) is 0 Å². The Labute approximate surface area is 121 Å². The van der Waals surface area contributed by atoms with Crippen LogP contribution in [0.3, 0.4) is 0 Å². The van der Waals surface area contributed by atoms with Gasteiger partial charge in [0, 0.05) is 16.2 Å². The molecule has 0 radical (unpaired) electrons. The zero-order valence-corrected chi connectivity index (χ0v) is 13.4. The van der Waals surface area contributed by atoms with Crippen LogP contribution in [-0.4, -0.2) is 11.3 Å². The minimum absolute atomic E-state index is 0.322. The van der Waals surface area contributed by atoms with E-state index in [1.165, 1.54) is 24.2 Å². The van der Waals surface area contributed by atoms with Gasteiger partial charge in [-0.1, -0.05) is 27.2 Å². The summed E-state index contributed by atoms with van der Waals surface area (Å²) in [5.74, 6) is 1.82. The molecule has 1 aliphatic carbocycles. The van der Waals surface area contributed by atoms with Gasteiger partial charge in [0.05, 0.1) is 6.26 Å². The van der Waals surface area contributed by atoms with Crippen molar-refractivity contribution in [3.05, 3.63) is 18.1 Å². The smallest absolute Gasteiger partial charge is 0.114 e. The molecule has 2 rings (SSSR count). The van der Waals surface area contributed by atoms with Gasteiger partial charge in [0.25, 0.3) is 0 Å². The van der Waals surface area contributed by atoms with Crippen molar-refractivity contribution in [1.82, 2.24) is 0 Å². The second kappa shape index (κ2) is 5.92. The number of nitrogens with two attached hydrogens (primary N) is 1. The fraction of sp³-hybridized carbons (Fsp3) is 0.750. The van der Waals surface area contributed by atoms with Crippen LogP contribution < -0.4 is 5.73 Å². The summed E-state index contributed by atoms with van der Waals surface area (Å²) in [5.41, 5.74) is 6.78. The van der Waals surface area contributed by atoms with Gasteiger partial charge in [0.1, 0.15) is 5.76 Å². The molecule has 0 saturated heterocycles. The van der Waals surface area contributed by atoms with Crippen LogP contribution in [0.4, 0.5) is 0 Å². The first-order valence-corrected chi connectivity index (χ1v) is 8.28. The fourth-order valence-corrected chi connectivity index (χ4v) is 4.26. The summed E-state index contributed by atoms with van der Waals surface area (Å²) in [5, 5.41) is 0.529. The minimum atomic E-state index is 0.322. The van der Waals surface area contributed by atoms with Gasteiger partial charge >= 0.3 is 0 Å². The van der Waals surface area contributed by atoms with E-state index in [-0.39, 0.29) is 0 Å². The molecule has 0 aliphatic heterocycles. The maximum atomic E-state index is 6.34. The Balaban J connectivity index is 2.05. The highest BCUT2D eigenvalue weighted by Crippen LogP contribution is 2.44. The monoisotopic (exact) mass is 281 g/mol. The Morgan fingerprint density at radius 1 is 1.42 bits per heavy atom. The molecule has 1 fully saturated rings. The molecule has 2 N–H and O–H groups in total. The van der Waals surface area contributed by atoms with E-state index < -0.39 is 0 Å². The van der Waals surface area contributed by atoms with Crippen molar-refractivity contribution >= 4 is 11.8 Å². The molecule has 2 nitrogen and oxygen atoms in total. The lowest BCUT2D eigenvalue weighted by atomic mass is 9.69. The molecule has 0 spiro atoms. The molecule has 0 aromatic carbocycles. The lowest BCUT2D eigenvalue weighted by Crippen LogP contribution is -2.42. The topological polar surface area (TPSA) is 39.2 Å². The van der Waals surface area contributed by atoms with Crippen LogP contribution in [0.15, 0.2) is 21.6 Å². The number of aryl methyl sites for hydroxylation is 1. The van der Waals surface area contributed by atoms with E-state index in [0.717, 1.165) is 18.1 Å². The van der Waals surface area contributed by atoms with Crippen molar-refractivity contribution in [2.24, 2.45) is 17.1 Å². The molecule has 3 unspecified atom stereocenters. The molecule has 1 heterocycles. The van der Waals surface area contributed by atoms with Gasteiger partial charge < -0.3 is 10.2 Å². The predicted octanol–water partition coefficient (Wildman–Crippen LogP) is 4.61. The summed E-state index contributed by atoms with van der Waals surface area (Å²) in [7, 11) is 0.